The second kappa shape index (κ2) is 2.23. The van der Waals surface area contributed by atoms with E-state index in [4.69, 9.17) is 12.6 Å². The van der Waals surface area contributed by atoms with Crippen LogP contribution in [0, 0.1) is 11.8 Å². The molecular formula is C9H13BS. The number of hydrogen-bond donors (Lipinski definition) is 1. The molecule has 2 aliphatic rings. The van der Waals surface area contributed by atoms with Crippen molar-refractivity contribution in [3.05, 3.63) is 0 Å². The van der Waals surface area contributed by atoms with E-state index in [1.807, 2.05) is 0 Å². The van der Waals surface area contributed by atoms with Crippen LogP contribution in [0.2, 0.25) is 5.31 Å². The summed E-state index contributed by atoms with van der Waals surface area (Å²) in [7, 11) is 2.35. The van der Waals surface area contributed by atoms with Gasteiger partial charge in [0.15, 0.2) is 0 Å². The largest absolute Gasteiger partial charge is 0.173 e. The fourth-order valence-electron chi connectivity index (χ4n) is 2.10. The molecule has 0 saturated heterocycles. The van der Waals surface area contributed by atoms with Crippen molar-refractivity contribution in [2.75, 3.05) is 0 Å². The van der Waals surface area contributed by atoms with Gasteiger partial charge in [-0.05, 0) is 24.6 Å². The molecule has 0 bridgehead atoms. The Balaban J connectivity index is 2.14. The molecule has 11 heavy (non-hydrogen) atoms. The molecule has 0 heterocycles. The van der Waals surface area contributed by atoms with Gasteiger partial charge in [-0.2, -0.15) is 12.6 Å². The van der Waals surface area contributed by atoms with Gasteiger partial charge in [0, 0.05) is 17.6 Å². The van der Waals surface area contributed by atoms with Gasteiger partial charge in [-0.1, -0.05) is 0 Å². The second-order valence-electron chi connectivity index (χ2n) is 4.12. The Labute approximate surface area is 75.0 Å². The van der Waals surface area contributed by atoms with Crippen LogP contribution in [-0.4, -0.2) is 12.6 Å². The summed E-state index contributed by atoms with van der Waals surface area (Å²) in [4.78, 5) is 0. The van der Waals surface area contributed by atoms with Gasteiger partial charge in [-0.15, -0.1) is 11.8 Å². The van der Waals surface area contributed by atoms with Crippen LogP contribution in [-0.2, 0) is 0 Å². The van der Waals surface area contributed by atoms with Gasteiger partial charge in [0.25, 0.3) is 0 Å². The van der Waals surface area contributed by atoms with Crippen LogP contribution in [0.4, 0.5) is 0 Å². The number of thiol groups is 1. The Kier molecular flexibility index (Phi) is 1.54. The van der Waals surface area contributed by atoms with E-state index in [1.54, 1.807) is 0 Å². The first-order valence-electron chi connectivity index (χ1n) is 4.34. The van der Waals surface area contributed by atoms with Crippen LogP contribution in [0.25, 0.3) is 0 Å². The SMILES string of the molecule is BC12CCC#CCCC1(S)C2. The van der Waals surface area contributed by atoms with Gasteiger partial charge in [0.05, 0.1) is 0 Å². The van der Waals surface area contributed by atoms with Gasteiger partial charge in [0.2, 0.25) is 0 Å². The van der Waals surface area contributed by atoms with Gasteiger partial charge < -0.3 is 0 Å². The van der Waals surface area contributed by atoms with Crippen LogP contribution in [0.1, 0.15) is 32.1 Å². The van der Waals surface area contributed by atoms with Gasteiger partial charge in [-0.25, -0.2) is 0 Å². The molecule has 0 aromatic carbocycles. The first kappa shape index (κ1) is 7.62. The zero-order valence-corrected chi connectivity index (χ0v) is 7.88. The van der Waals surface area contributed by atoms with Gasteiger partial charge in [-0.3, -0.25) is 0 Å². The fraction of sp³-hybridized carbons (Fsp3) is 0.778. The molecule has 58 valence electrons. The monoisotopic (exact) mass is 164 g/mol. The smallest absolute Gasteiger partial charge is 0.111 e. The van der Waals surface area contributed by atoms with Crippen molar-refractivity contribution >= 4 is 20.5 Å². The summed E-state index contributed by atoms with van der Waals surface area (Å²) >= 11 is 4.73. The molecule has 0 radical (unpaired) electrons. The highest BCUT2D eigenvalue weighted by Crippen LogP contribution is 2.69. The van der Waals surface area contributed by atoms with Crippen LogP contribution in [0.15, 0.2) is 0 Å². The molecule has 0 amide bonds. The van der Waals surface area contributed by atoms with Crippen molar-refractivity contribution in [3.63, 3.8) is 0 Å². The molecule has 0 aromatic heterocycles. The summed E-state index contributed by atoms with van der Waals surface area (Å²) in [5.41, 5.74) is 0. The van der Waals surface area contributed by atoms with Crippen molar-refractivity contribution in [2.45, 2.75) is 42.2 Å². The van der Waals surface area contributed by atoms with Crippen molar-refractivity contribution in [3.8, 4) is 11.8 Å². The maximum absolute atomic E-state index is 4.73. The molecule has 1 fully saturated rings. The molecule has 2 aliphatic carbocycles. The standard InChI is InChI=1S/C9H13BS/c10-8-5-3-1-2-4-6-9(8,11)7-8/h11H,3-7,10H2. The lowest BCUT2D eigenvalue weighted by atomic mass is 9.76. The molecule has 0 N–H and O–H groups in total. The van der Waals surface area contributed by atoms with E-state index in [0.717, 1.165) is 12.8 Å². The average Bonchev–Trinajstić information content (AvgIpc) is 2.39. The lowest BCUT2D eigenvalue weighted by molar-refractivity contribution is 0.669. The normalized spacial score (nSPS) is 47.7. The molecule has 2 unspecified atom stereocenters. The molecule has 0 aromatic rings. The Bertz CT molecular complexity index is 218. The molecule has 0 spiro atoms. The average molecular weight is 164 g/mol. The first-order chi connectivity index (χ1) is 5.16. The predicted octanol–water partition coefficient (Wildman–Crippen LogP) is 1.43. The molecule has 1 saturated carbocycles. The zero-order valence-electron chi connectivity index (χ0n) is 6.98. The van der Waals surface area contributed by atoms with E-state index in [1.165, 1.54) is 19.3 Å². The Morgan fingerprint density at radius 2 is 1.82 bits per heavy atom. The topological polar surface area (TPSA) is 0 Å². The minimum Gasteiger partial charge on any atom is -0.173 e. The molecule has 2 rings (SSSR count). The molecule has 2 heteroatoms. The number of fused-ring (bicyclic) bond motifs is 1. The summed E-state index contributed by atoms with van der Waals surface area (Å²) in [6.07, 6.45) is 5.88. The van der Waals surface area contributed by atoms with E-state index >= 15 is 0 Å². The van der Waals surface area contributed by atoms with Crippen LogP contribution < -0.4 is 0 Å². The quantitative estimate of drug-likeness (QED) is 0.312. The summed E-state index contributed by atoms with van der Waals surface area (Å²) in [6, 6.07) is 0. The molecule has 0 nitrogen and oxygen atoms in total. The van der Waals surface area contributed by atoms with Crippen molar-refractivity contribution in [1.82, 2.24) is 0 Å². The summed E-state index contributed by atoms with van der Waals surface area (Å²) in [5.74, 6) is 6.39. The first-order valence-corrected chi connectivity index (χ1v) is 4.79. The Morgan fingerprint density at radius 1 is 1.18 bits per heavy atom. The maximum Gasteiger partial charge on any atom is 0.111 e. The highest BCUT2D eigenvalue weighted by Gasteiger charge is 2.60. The van der Waals surface area contributed by atoms with E-state index in [0.29, 0.717) is 10.1 Å². The minimum atomic E-state index is 0.349. The highest BCUT2D eigenvalue weighted by atomic mass is 32.1. The van der Waals surface area contributed by atoms with Gasteiger partial charge >= 0.3 is 0 Å². The molecular weight excluding hydrogens is 151 g/mol. The van der Waals surface area contributed by atoms with Crippen molar-refractivity contribution < 1.29 is 0 Å². The second-order valence-corrected chi connectivity index (χ2v) is 4.98. The zero-order chi connectivity index (χ0) is 7.95. The van der Waals surface area contributed by atoms with E-state index in [9.17, 15) is 0 Å². The number of rotatable bonds is 0. The van der Waals surface area contributed by atoms with Gasteiger partial charge in [0.1, 0.15) is 7.85 Å². The highest BCUT2D eigenvalue weighted by molar-refractivity contribution is 7.82. The summed E-state index contributed by atoms with van der Waals surface area (Å²) in [5, 5.41) is 0.519. The van der Waals surface area contributed by atoms with E-state index in [2.05, 4.69) is 19.7 Å². The molecule has 2 atom stereocenters. The third-order valence-corrected chi connectivity index (χ3v) is 4.19. The molecule has 0 aliphatic heterocycles. The van der Waals surface area contributed by atoms with Crippen LogP contribution >= 0.6 is 12.6 Å². The van der Waals surface area contributed by atoms with Crippen LogP contribution in [0.3, 0.4) is 0 Å². The fourth-order valence-corrected chi connectivity index (χ4v) is 2.67. The third kappa shape index (κ3) is 1.10. The number of hydrogen-bond acceptors (Lipinski definition) is 1. The summed E-state index contributed by atoms with van der Waals surface area (Å²) < 4.78 is 0.349. The van der Waals surface area contributed by atoms with Crippen LogP contribution in [0.5, 0.6) is 0 Å². The maximum atomic E-state index is 4.73. The van der Waals surface area contributed by atoms with Crippen molar-refractivity contribution in [1.29, 1.82) is 0 Å². The Hall–Kier alpha value is -0.0251. The Morgan fingerprint density at radius 3 is 2.55 bits per heavy atom. The summed E-state index contributed by atoms with van der Waals surface area (Å²) in [6.45, 7) is 0. The van der Waals surface area contributed by atoms with Crippen molar-refractivity contribution in [2.24, 2.45) is 0 Å². The third-order valence-electron chi connectivity index (χ3n) is 3.27. The lowest BCUT2D eigenvalue weighted by Gasteiger charge is -2.17. The predicted molar refractivity (Wildman–Crippen MR) is 53.8 cm³/mol. The lowest BCUT2D eigenvalue weighted by Crippen LogP contribution is -2.10. The van der Waals surface area contributed by atoms with E-state index in [-0.39, 0.29) is 0 Å². The minimum absolute atomic E-state index is 0.349. The van der Waals surface area contributed by atoms with E-state index < -0.39 is 0 Å².